The molecule has 5 heteroatoms. The van der Waals surface area contributed by atoms with Gasteiger partial charge in [0.15, 0.2) is 5.82 Å². The average molecular weight is 297 g/mol. The molecule has 0 amide bonds. The maximum atomic E-state index is 5.45. The molecule has 1 aliphatic carbocycles. The third-order valence-electron chi connectivity index (χ3n) is 4.41. The van der Waals surface area contributed by atoms with Crippen LogP contribution in [0, 0.1) is 0 Å². The minimum Gasteiger partial charge on any atom is -0.339 e. The van der Waals surface area contributed by atoms with Crippen molar-refractivity contribution in [3.63, 3.8) is 0 Å². The van der Waals surface area contributed by atoms with Crippen molar-refractivity contribution in [3.05, 3.63) is 11.7 Å². The van der Waals surface area contributed by atoms with E-state index in [1.165, 1.54) is 38.5 Å². The van der Waals surface area contributed by atoms with Crippen molar-refractivity contribution in [1.82, 2.24) is 15.5 Å². The van der Waals surface area contributed by atoms with Crippen molar-refractivity contribution in [2.75, 3.05) is 7.05 Å². The van der Waals surface area contributed by atoms with Gasteiger partial charge < -0.3 is 9.84 Å². The molecule has 1 heterocycles. The molecule has 1 N–H and O–H groups in total. The lowest BCUT2D eigenvalue weighted by Crippen LogP contribution is -2.46. The van der Waals surface area contributed by atoms with Crippen LogP contribution < -0.4 is 5.32 Å². The van der Waals surface area contributed by atoms with Crippen molar-refractivity contribution in [1.29, 1.82) is 0 Å². The van der Waals surface area contributed by atoms with Gasteiger partial charge in [0.1, 0.15) is 0 Å². The van der Waals surface area contributed by atoms with Crippen molar-refractivity contribution >= 4 is 11.8 Å². The van der Waals surface area contributed by atoms with Crippen LogP contribution in [-0.4, -0.2) is 28.0 Å². The minimum absolute atomic E-state index is 0.173. The summed E-state index contributed by atoms with van der Waals surface area (Å²) in [4.78, 5) is 4.56. The summed E-state index contributed by atoms with van der Waals surface area (Å²) in [5, 5.41) is 8.27. The second-order valence-electron chi connectivity index (χ2n) is 5.90. The first-order chi connectivity index (χ1) is 9.67. The molecule has 0 saturated heterocycles. The normalized spacial score (nSPS) is 19.9. The standard InChI is InChI=1S/C15H27N3OS/c1-4-12(2)20-11-13-17-14(19-18-13)10-15(16-3)8-6-5-7-9-15/h12,16H,4-11H2,1-3H3. The van der Waals surface area contributed by atoms with Gasteiger partial charge in [-0.2, -0.15) is 16.7 Å². The van der Waals surface area contributed by atoms with E-state index in [4.69, 9.17) is 4.52 Å². The largest absolute Gasteiger partial charge is 0.339 e. The highest BCUT2D eigenvalue weighted by Crippen LogP contribution is 2.30. The van der Waals surface area contributed by atoms with Gasteiger partial charge in [0.05, 0.1) is 5.75 Å². The molecular formula is C15H27N3OS. The average Bonchev–Trinajstić information content (AvgIpc) is 2.93. The van der Waals surface area contributed by atoms with Crippen LogP contribution in [0.2, 0.25) is 0 Å². The van der Waals surface area contributed by atoms with E-state index in [1.807, 2.05) is 11.8 Å². The molecule has 0 aromatic carbocycles. The van der Waals surface area contributed by atoms with Gasteiger partial charge in [0, 0.05) is 17.2 Å². The zero-order valence-corrected chi connectivity index (χ0v) is 13.8. The Morgan fingerprint density at radius 1 is 1.35 bits per heavy atom. The first-order valence-electron chi connectivity index (χ1n) is 7.79. The van der Waals surface area contributed by atoms with Crippen LogP contribution in [0.25, 0.3) is 0 Å². The highest BCUT2D eigenvalue weighted by molar-refractivity contribution is 7.99. The lowest BCUT2D eigenvalue weighted by atomic mass is 9.79. The first-order valence-corrected chi connectivity index (χ1v) is 8.84. The highest BCUT2D eigenvalue weighted by Gasteiger charge is 2.32. The molecule has 2 rings (SSSR count). The molecule has 114 valence electrons. The quantitative estimate of drug-likeness (QED) is 0.834. The zero-order chi connectivity index (χ0) is 14.4. The number of rotatable bonds is 7. The molecule has 1 aromatic heterocycles. The number of nitrogens with zero attached hydrogens (tertiary/aromatic N) is 2. The van der Waals surface area contributed by atoms with E-state index in [2.05, 4.69) is 36.4 Å². The summed E-state index contributed by atoms with van der Waals surface area (Å²) in [6.45, 7) is 4.45. The van der Waals surface area contributed by atoms with Crippen LogP contribution in [-0.2, 0) is 12.2 Å². The second kappa shape index (κ2) is 7.46. The molecule has 1 atom stereocenters. The number of nitrogens with one attached hydrogen (secondary N) is 1. The van der Waals surface area contributed by atoms with Crippen LogP contribution in [0.1, 0.15) is 64.1 Å². The van der Waals surface area contributed by atoms with Gasteiger partial charge in [-0.25, -0.2) is 0 Å². The maximum Gasteiger partial charge on any atom is 0.228 e. The third kappa shape index (κ3) is 4.22. The minimum atomic E-state index is 0.173. The maximum absolute atomic E-state index is 5.45. The number of hydrogen-bond donors (Lipinski definition) is 1. The van der Waals surface area contributed by atoms with Gasteiger partial charge in [-0.1, -0.05) is 38.3 Å². The molecule has 0 radical (unpaired) electrons. The summed E-state index contributed by atoms with van der Waals surface area (Å²) >= 11 is 1.89. The smallest absolute Gasteiger partial charge is 0.228 e. The lowest BCUT2D eigenvalue weighted by molar-refractivity contribution is 0.221. The Kier molecular flexibility index (Phi) is 5.90. The van der Waals surface area contributed by atoms with Crippen molar-refractivity contribution < 1.29 is 4.52 Å². The SMILES string of the molecule is CCC(C)SCc1noc(CC2(NC)CCCCC2)n1. The highest BCUT2D eigenvalue weighted by atomic mass is 32.2. The fourth-order valence-electron chi connectivity index (χ4n) is 2.79. The van der Waals surface area contributed by atoms with Gasteiger partial charge in [0.25, 0.3) is 0 Å². The van der Waals surface area contributed by atoms with E-state index >= 15 is 0 Å². The fourth-order valence-corrected chi connectivity index (χ4v) is 3.57. The Labute approximate surface area is 126 Å². The van der Waals surface area contributed by atoms with Gasteiger partial charge in [-0.05, 0) is 26.3 Å². The molecular weight excluding hydrogens is 270 g/mol. The Morgan fingerprint density at radius 2 is 2.10 bits per heavy atom. The molecule has 1 aromatic rings. The Morgan fingerprint density at radius 3 is 2.75 bits per heavy atom. The number of thioether (sulfide) groups is 1. The van der Waals surface area contributed by atoms with Crippen LogP contribution in [0.3, 0.4) is 0 Å². The molecule has 1 fully saturated rings. The van der Waals surface area contributed by atoms with Gasteiger partial charge in [-0.3, -0.25) is 0 Å². The van der Waals surface area contributed by atoms with Gasteiger partial charge >= 0.3 is 0 Å². The Hall–Kier alpha value is -0.550. The molecule has 0 spiro atoms. The van der Waals surface area contributed by atoms with E-state index in [-0.39, 0.29) is 5.54 Å². The molecule has 4 nitrogen and oxygen atoms in total. The van der Waals surface area contributed by atoms with Crippen molar-refractivity contribution in [2.24, 2.45) is 0 Å². The predicted molar refractivity (Wildman–Crippen MR) is 83.9 cm³/mol. The van der Waals surface area contributed by atoms with Crippen molar-refractivity contribution in [3.8, 4) is 0 Å². The summed E-state index contributed by atoms with van der Waals surface area (Å²) in [5.41, 5.74) is 0.173. The monoisotopic (exact) mass is 297 g/mol. The Balaban J connectivity index is 1.91. The second-order valence-corrected chi connectivity index (χ2v) is 7.33. The van der Waals surface area contributed by atoms with Crippen LogP contribution in [0.5, 0.6) is 0 Å². The van der Waals surface area contributed by atoms with Crippen LogP contribution in [0.15, 0.2) is 4.52 Å². The van der Waals surface area contributed by atoms with E-state index in [0.29, 0.717) is 5.25 Å². The number of hydrogen-bond acceptors (Lipinski definition) is 5. The van der Waals surface area contributed by atoms with Crippen molar-refractivity contribution in [2.45, 2.75) is 75.3 Å². The fraction of sp³-hybridized carbons (Fsp3) is 0.867. The summed E-state index contributed by atoms with van der Waals surface area (Å²) in [7, 11) is 2.06. The zero-order valence-electron chi connectivity index (χ0n) is 12.9. The molecule has 1 saturated carbocycles. The summed E-state index contributed by atoms with van der Waals surface area (Å²) in [5.74, 6) is 2.48. The van der Waals surface area contributed by atoms with E-state index in [1.54, 1.807) is 0 Å². The van der Waals surface area contributed by atoms with Crippen LogP contribution >= 0.6 is 11.8 Å². The van der Waals surface area contributed by atoms with Gasteiger partial charge in [0.2, 0.25) is 5.89 Å². The molecule has 0 bridgehead atoms. The van der Waals surface area contributed by atoms with E-state index in [0.717, 1.165) is 23.9 Å². The molecule has 0 aliphatic heterocycles. The third-order valence-corrected chi connectivity index (χ3v) is 5.74. The first kappa shape index (κ1) is 15.8. The predicted octanol–water partition coefficient (Wildman–Crippen LogP) is 3.57. The number of aromatic nitrogens is 2. The van der Waals surface area contributed by atoms with Gasteiger partial charge in [-0.15, -0.1) is 0 Å². The molecule has 1 unspecified atom stereocenters. The topological polar surface area (TPSA) is 51.0 Å². The summed E-state index contributed by atoms with van der Waals surface area (Å²) < 4.78 is 5.45. The van der Waals surface area contributed by atoms with E-state index < -0.39 is 0 Å². The molecule has 20 heavy (non-hydrogen) atoms. The van der Waals surface area contributed by atoms with E-state index in [9.17, 15) is 0 Å². The molecule has 1 aliphatic rings. The summed E-state index contributed by atoms with van der Waals surface area (Å²) in [6, 6.07) is 0. The number of likely N-dealkylation sites (N-methyl/N-ethyl adjacent to an activating group) is 1. The summed E-state index contributed by atoms with van der Waals surface area (Å²) in [6.07, 6.45) is 8.41. The Bertz CT molecular complexity index is 402. The lowest BCUT2D eigenvalue weighted by Gasteiger charge is -2.36. The van der Waals surface area contributed by atoms with Crippen LogP contribution in [0.4, 0.5) is 0 Å².